The number of carbonyl (C=O) groups is 1. The van der Waals surface area contributed by atoms with Gasteiger partial charge in [0.1, 0.15) is 0 Å². The predicted octanol–water partition coefficient (Wildman–Crippen LogP) is 5.47. The van der Waals surface area contributed by atoms with E-state index in [-0.39, 0.29) is 5.78 Å². The summed E-state index contributed by atoms with van der Waals surface area (Å²) < 4.78 is 1.79. The molecule has 1 nitrogen and oxygen atoms in total. The Kier molecular flexibility index (Phi) is 4.08. The number of halogens is 3. The largest absolute Gasteiger partial charge is 0.288 e. The maximum Gasteiger partial charge on any atom is 0.203 e. The summed E-state index contributed by atoms with van der Waals surface area (Å²) in [4.78, 5) is 12.8. The van der Waals surface area contributed by atoms with Crippen molar-refractivity contribution in [3.63, 3.8) is 0 Å². The molecule has 1 aromatic carbocycles. The standard InChI is InChI=1S/C12H7Br2ClOS/c1-6-4-7(2-3-8(6)13)11(16)10-5-9(15)12(14)17-10/h2-5H,1H3. The number of rotatable bonds is 2. The van der Waals surface area contributed by atoms with Gasteiger partial charge in [-0.3, -0.25) is 4.79 Å². The van der Waals surface area contributed by atoms with E-state index in [4.69, 9.17) is 11.6 Å². The Morgan fingerprint density at radius 1 is 1.29 bits per heavy atom. The zero-order valence-corrected chi connectivity index (χ0v) is 13.5. The summed E-state index contributed by atoms with van der Waals surface area (Å²) in [6.07, 6.45) is 0. The minimum Gasteiger partial charge on any atom is -0.288 e. The molecule has 0 spiro atoms. The second kappa shape index (κ2) is 5.22. The lowest BCUT2D eigenvalue weighted by molar-refractivity contribution is 0.104. The lowest BCUT2D eigenvalue weighted by Gasteiger charge is -2.01. The molecule has 1 heterocycles. The maximum atomic E-state index is 12.2. The minimum atomic E-state index is -0.00167. The third kappa shape index (κ3) is 2.81. The van der Waals surface area contributed by atoms with Gasteiger partial charge in [0, 0.05) is 10.0 Å². The van der Waals surface area contributed by atoms with Gasteiger partial charge in [-0.15, -0.1) is 11.3 Å². The van der Waals surface area contributed by atoms with E-state index in [2.05, 4.69) is 31.9 Å². The Hall–Kier alpha value is -0.160. The Labute approximate surface area is 125 Å². The molecule has 88 valence electrons. The van der Waals surface area contributed by atoms with Gasteiger partial charge < -0.3 is 0 Å². The van der Waals surface area contributed by atoms with Crippen LogP contribution >= 0.6 is 54.8 Å². The molecular formula is C12H7Br2ClOS. The second-order valence-corrected chi connectivity index (χ2v) is 7.16. The number of thiophene rings is 1. The van der Waals surface area contributed by atoms with Crippen molar-refractivity contribution < 1.29 is 4.79 Å². The molecule has 0 radical (unpaired) electrons. The summed E-state index contributed by atoms with van der Waals surface area (Å²) >= 11 is 14.0. The van der Waals surface area contributed by atoms with Crippen molar-refractivity contribution in [1.29, 1.82) is 0 Å². The summed E-state index contributed by atoms with van der Waals surface area (Å²) in [5.74, 6) is -0.00167. The van der Waals surface area contributed by atoms with Crippen LogP contribution < -0.4 is 0 Å². The molecule has 0 saturated heterocycles. The van der Waals surface area contributed by atoms with E-state index in [1.807, 2.05) is 19.1 Å². The van der Waals surface area contributed by atoms with Gasteiger partial charge in [0.15, 0.2) is 0 Å². The first-order valence-electron chi connectivity index (χ1n) is 4.74. The smallest absolute Gasteiger partial charge is 0.203 e. The highest BCUT2D eigenvalue weighted by Crippen LogP contribution is 2.33. The summed E-state index contributed by atoms with van der Waals surface area (Å²) in [5, 5.41) is 0.576. The molecule has 2 rings (SSSR count). The Balaban J connectivity index is 2.40. The first-order chi connectivity index (χ1) is 7.99. The normalized spacial score (nSPS) is 10.6. The quantitative estimate of drug-likeness (QED) is 0.618. The molecule has 0 N–H and O–H groups in total. The van der Waals surface area contributed by atoms with Gasteiger partial charge in [0.2, 0.25) is 5.78 Å². The molecule has 0 saturated carbocycles. The number of hydrogen-bond acceptors (Lipinski definition) is 2. The second-order valence-electron chi connectivity index (χ2n) is 3.53. The van der Waals surface area contributed by atoms with Crippen LogP contribution in [0.4, 0.5) is 0 Å². The van der Waals surface area contributed by atoms with E-state index in [9.17, 15) is 4.79 Å². The summed E-state index contributed by atoms with van der Waals surface area (Å²) in [6, 6.07) is 7.25. The monoisotopic (exact) mass is 392 g/mol. The molecule has 0 unspecified atom stereocenters. The van der Waals surface area contributed by atoms with Crippen LogP contribution in [0.15, 0.2) is 32.5 Å². The summed E-state index contributed by atoms with van der Waals surface area (Å²) in [5.41, 5.74) is 1.72. The molecule has 1 aromatic heterocycles. The molecule has 0 aliphatic carbocycles. The van der Waals surface area contributed by atoms with Crippen molar-refractivity contribution in [2.24, 2.45) is 0 Å². The van der Waals surface area contributed by atoms with E-state index in [0.717, 1.165) is 13.8 Å². The van der Waals surface area contributed by atoms with Gasteiger partial charge in [-0.2, -0.15) is 0 Å². The van der Waals surface area contributed by atoms with Crippen LogP contribution in [0.25, 0.3) is 0 Å². The maximum absolute atomic E-state index is 12.2. The van der Waals surface area contributed by atoms with Crippen molar-refractivity contribution in [3.8, 4) is 0 Å². The third-order valence-electron chi connectivity index (χ3n) is 2.29. The van der Waals surface area contributed by atoms with Crippen molar-refractivity contribution >= 4 is 60.6 Å². The molecule has 0 aliphatic rings. The number of ketones is 1. The zero-order valence-electron chi connectivity index (χ0n) is 8.76. The fourth-order valence-electron chi connectivity index (χ4n) is 1.39. The lowest BCUT2D eigenvalue weighted by Crippen LogP contribution is -1.98. The van der Waals surface area contributed by atoms with E-state index < -0.39 is 0 Å². The molecule has 17 heavy (non-hydrogen) atoms. The predicted molar refractivity (Wildman–Crippen MR) is 79.3 cm³/mol. The highest BCUT2D eigenvalue weighted by atomic mass is 79.9. The van der Waals surface area contributed by atoms with Crippen LogP contribution in [0.1, 0.15) is 20.8 Å². The fraction of sp³-hybridized carbons (Fsp3) is 0.0833. The lowest BCUT2D eigenvalue weighted by atomic mass is 10.1. The van der Waals surface area contributed by atoms with Crippen LogP contribution in [0, 0.1) is 6.92 Å². The molecule has 2 aromatic rings. The Morgan fingerprint density at radius 2 is 2.00 bits per heavy atom. The molecule has 0 bridgehead atoms. The van der Waals surface area contributed by atoms with Crippen molar-refractivity contribution in [2.75, 3.05) is 0 Å². The Bertz CT molecular complexity index is 573. The van der Waals surface area contributed by atoms with Gasteiger partial charge in [0.25, 0.3) is 0 Å². The Morgan fingerprint density at radius 3 is 2.53 bits per heavy atom. The molecule has 0 atom stereocenters. The molecular weight excluding hydrogens is 387 g/mol. The highest BCUT2D eigenvalue weighted by Gasteiger charge is 2.14. The molecule has 0 aliphatic heterocycles. The van der Waals surface area contributed by atoms with Crippen LogP contribution in [0.2, 0.25) is 5.02 Å². The first kappa shape index (κ1) is 13.3. The number of aryl methyl sites for hydroxylation is 1. The van der Waals surface area contributed by atoms with Crippen molar-refractivity contribution in [1.82, 2.24) is 0 Å². The fourth-order valence-corrected chi connectivity index (χ4v) is 3.30. The average molecular weight is 395 g/mol. The van der Waals surface area contributed by atoms with E-state index >= 15 is 0 Å². The van der Waals surface area contributed by atoms with Crippen molar-refractivity contribution in [2.45, 2.75) is 6.92 Å². The van der Waals surface area contributed by atoms with E-state index in [1.165, 1.54) is 11.3 Å². The van der Waals surface area contributed by atoms with E-state index in [1.54, 1.807) is 12.1 Å². The SMILES string of the molecule is Cc1cc(C(=O)c2cc(Cl)c(Br)s2)ccc1Br. The molecule has 5 heteroatoms. The first-order valence-corrected chi connectivity index (χ1v) is 7.53. The van der Waals surface area contributed by atoms with Crippen LogP contribution in [0.3, 0.4) is 0 Å². The van der Waals surface area contributed by atoms with E-state index in [0.29, 0.717) is 15.5 Å². The number of hydrogen-bond donors (Lipinski definition) is 0. The summed E-state index contributed by atoms with van der Waals surface area (Å²) in [6.45, 7) is 1.96. The van der Waals surface area contributed by atoms with Crippen molar-refractivity contribution in [3.05, 3.63) is 53.6 Å². The van der Waals surface area contributed by atoms with Crippen LogP contribution in [0.5, 0.6) is 0 Å². The van der Waals surface area contributed by atoms with Gasteiger partial charge in [0.05, 0.1) is 13.7 Å². The molecule has 0 fully saturated rings. The highest BCUT2D eigenvalue weighted by molar-refractivity contribution is 9.11. The average Bonchev–Trinajstić information content (AvgIpc) is 2.62. The van der Waals surface area contributed by atoms with Crippen LogP contribution in [-0.2, 0) is 0 Å². The van der Waals surface area contributed by atoms with Crippen LogP contribution in [-0.4, -0.2) is 5.78 Å². The number of carbonyl (C=O) groups excluding carboxylic acids is 1. The molecule has 0 amide bonds. The summed E-state index contributed by atoms with van der Waals surface area (Å²) in [7, 11) is 0. The zero-order chi connectivity index (χ0) is 12.6. The van der Waals surface area contributed by atoms with Gasteiger partial charge in [-0.25, -0.2) is 0 Å². The van der Waals surface area contributed by atoms with Gasteiger partial charge in [-0.05, 0) is 52.7 Å². The minimum absolute atomic E-state index is 0.00167. The van der Waals surface area contributed by atoms with Gasteiger partial charge in [-0.1, -0.05) is 27.5 Å². The van der Waals surface area contributed by atoms with Gasteiger partial charge >= 0.3 is 0 Å². The number of benzene rings is 1. The third-order valence-corrected chi connectivity index (χ3v) is 5.65. The topological polar surface area (TPSA) is 17.1 Å².